The summed E-state index contributed by atoms with van der Waals surface area (Å²) in [5, 5.41) is 8.93. The second kappa shape index (κ2) is 11.2. The van der Waals surface area contributed by atoms with Crippen molar-refractivity contribution in [2.24, 2.45) is 0 Å². The molecule has 0 spiro atoms. The van der Waals surface area contributed by atoms with Crippen LogP contribution in [0.4, 0.5) is 31.1 Å². The first-order valence-electron chi connectivity index (χ1n) is 9.76. The molecule has 2 rings (SSSR count). The van der Waals surface area contributed by atoms with E-state index in [0.29, 0.717) is 6.08 Å². The van der Waals surface area contributed by atoms with Gasteiger partial charge in [0.25, 0.3) is 5.09 Å². The zero-order valence-electron chi connectivity index (χ0n) is 18.3. The minimum absolute atomic E-state index is 0.0311. The van der Waals surface area contributed by atoms with Crippen molar-refractivity contribution in [3.63, 3.8) is 0 Å². The summed E-state index contributed by atoms with van der Waals surface area (Å²) in [6.07, 6.45) is -15.1. The third kappa shape index (κ3) is 8.09. The predicted octanol–water partition coefficient (Wildman–Crippen LogP) is 4.11. The van der Waals surface area contributed by atoms with Gasteiger partial charge in [-0.3, -0.25) is 0 Å². The van der Waals surface area contributed by atoms with Crippen LogP contribution in [0.2, 0.25) is 0 Å². The summed E-state index contributed by atoms with van der Waals surface area (Å²) >= 11 is 0. The number of esters is 1. The average Bonchev–Trinajstić information content (AvgIpc) is 2.74. The van der Waals surface area contributed by atoms with Crippen molar-refractivity contribution in [2.45, 2.75) is 45.0 Å². The molecule has 0 saturated carbocycles. The summed E-state index contributed by atoms with van der Waals surface area (Å²) < 4.78 is 101. The van der Waals surface area contributed by atoms with Gasteiger partial charge in [0.2, 0.25) is 12.9 Å². The standard InChI is InChI=1S/C19H17F6NO10/c1-3-10-4-12(36-19(23,24)25)5-11-6-13(15(18(20,21)22)35-14(10)11)16(27)31-8-32-17(28)34-9(2)7-33-26(29)30/h4-6,9,15H,3,7-8H2,1-2H3/t9-,15?/m0/s1. The van der Waals surface area contributed by atoms with Gasteiger partial charge in [0, 0.05) is 5.56 Å². The minimum atomic E-state index is -5.14. The molecule has 1 heterocycles. The molecule has 0 radical (unpaired) electrons. The van der Waals surface area contributed by atoms with Crippen molar-refractivity contribution in [1.82, 2.24) is 0 Å². The van der Waals surface area contributed by atoms with Crippen LogP contribution >= 0.6 is 0 Å². The fourth-order valence-corrected chi connectivity index (χ4v) is 2.84. The lowest BCUT2D eigenvalue weighted by Crippen LogP contribution is -2.41. The number of fused-ring (bicyclic) bond motifs is 1. The van der Waals surface area contributed by atoms with Crippen LogP contribution in [-0.4, -0.2) is 55.4 Å². The van der Waals surface area contributed by atoms with Gasteiger partial charge in [-0.05, 0) is 37.1 Å². The van der Waals surface area contributed by atoms with Gasteiger partial charge in [-0.25, -0.2) is 9.59 Å². The van der Waals surface area contributed by atoms with Crippen molar-refractivity contribution in [2.75, 3.05) is 13.4 Å². The number of ether oxygens (including phenoxy) is 5. The fourth-order valence-electron chi connectivity index (χ4n) is 2.84. The first-order chi connectivity index (χ1) is 16.6. The highest BCUT2D eigenvalue weighted by Crippen LogP contribution is 2.42. The van der Waals surface area contributed by atoms with Gasteiger partial charge < -0.3 is 28.5 Å². The van der Waals surface area contributed by atoms with E-state index >= 15 is 0 Å². The average molecular weight is 533 g/mol. The highest BCUT2D eigenvalue weighted by molar-refractivity contribution is 5.96. The number of hydrogen-bond donors (Lipinski definition) is 0. The Morgan fingerprint density at radius 3 is 2.39 bits per heavy atom. The van der Waals surface area contributed by atoms with E-state index in [4.69, 9.17) is 4.74 Å². The van der Waals surface area contributed by atoms with E-state index in [0.717, 1.165) is 12.1 Å². The van der Waals surface area contributed by atoms with Crippen LogP contribution in [0.1, 0.15) is 25.0 Å². The molecule has 200 valence electrons. The van der Waals surface area contributed by atoms with E-state index < -0.39 is 72.4 Å². The smallest absolute Gasteiger partial charge is 0.475 e. The zero-order valence-corrected chi connectivity index (χ0v) is 18.3. The Balaban J connectivity index is 2.19. The lowest BCUT2D eigenvalue weighted by Gasteiger charge is -2.29. The summed E-state index contributed by atoms with van der Waals surface area (Å²) in [5.74, 6) is -2.82. The SMILES string of the molecule is CCc1cc(OC(F)(F)F)cc2c1OC(C(F)(F)F)C(C(=O)OCOC(=O)O[C@@H](C)CO[N+](=O)[O-])=C2. The Bertz CT molecular complexity index is 1020. The molecule has 36 heavy (non-hydrogen) atoms. The predicted molar refractivity (Wildman–Crippen MR) is 102 cm³/mol. The van der Waals surface area contributed by atoms with E-state index in [1.165, 1.54) is 13.8 Å². The largest absolute Gasteiger partial charge is 0.573 e. The second-order valence-corrected chi connectivity index (χ2v) is 6.93. The number of aryl methyl sites for hydroxylation is 1. The van der Waals surface area contributed by atoms with Crippen LogP contribution in [0, 0.1) is 10.1 Å². The molecule has 2 atom stereocenters. The van der Waals surface area contributed by atoms with Crippen LogP contribution in [0.3, 0.4) is 0 Å². The number of carbonyl (C=O) groups excluding carboxylic acids is 2. The molecule has 1 aromatic rings. The van der Waals surface area contributed by atoms with Crippen LogP contribution in [0.5, 0.6) is 11.5 Å². The Morgan fingerprint density at radius 2 is 1.83 bits per heavy atom. The number of alkyl halides is 6. The van der Waals surface area contributed by atoms with Crippen LogP contribution in [0.15, 0.2) is 17.7 Å². The Kier molecular flexibility index (Phi) is 8.82. The molecule has 0 saturated heterocycles. The van der Waals surface area contributed by atoms with E-state index in [1.807, 2.05) is 0 Å². The topological polar surface area (TPSA) is 133 Å². The maximum atomic E-state index is 13.6. The monoisotopic (exact) mass is 533 g/mol. The second-order valence-electron chi connectivity index (χ2n) is 6.93. The third-order valence-corrected chi connectivity index (χ3v) is 4.22. The first-order valence-corrected chi connectivity index (χ1v) is 9.76. The van der Waals surface area contributed by atoms with Crippen LogP contribution in [-0.2, 0) is 30.3 Å². The molecular weight excluding hydrogens is 516 g/mol. The van der Waals surface area contributed by atoms with E-state index in [9.17, 15) is 46.0 Å². The number of hydrogen-bond acceptors (Lipinski definition) is 10. The van der Waals surface area contributed by atoms with Gasteiger partial charge in [-0.2, -0.15) is 13.2 Å². The molecule has 0 fully saturated rings. The van der Waals surface area contributed by atoms with Gasteiger partial charge >= 0.3 is 24.7 Å². The molecule has 11 nitrogen and oxygen atoms in total. The lowest BCUT2D eigenvalue weighted by atomic mass is 9.97. The molecule has 1 unspecified atom stereocenters. The van der Waals surface area contributed by atoms with E-state index in [1.54, 1.807) is 0 Å². The van der Waals surface area contributed by atoms with Crippen LogP contribution < -0.4 is 9.47 Å². The van der Waals surface area contributed by atoms with Gasteiger partial charge in [0.1, 0.15) is 24.2 Å². The van der Waals surface area contributed by atoms with Gasteiger partial charge in [-0.15, -0.1) is 23.3 Å². The lowest BCUT2D eigenvalue weighted by molar-refractivity contribution is -0.759. The summed E-state index contributed by atoms with van der Waals surface area (Å²) in [5.41, 5.74) is -1.52. The third-order valence-electron chi connectivity index (χ3n) is 4.22. The van der Waals surface area contributed by atoms with E-state index in [2.05, 4.69) is 23.8 Å². The minimum Gasteiger partial charge on any atom is -0.475 e. The quantitative estimate of drug-likeness (QED) is 0.150. The molecule has 0 amide bonds. The molecular formula is C19H17F6NO10. The highest BCUT2D eigenvalue weighted by Gasteiger charge is 2.49. The number of nitrogens with zero attached hydrogens (tertiary/aromatic N) is 1. The molecule has 1 aliphatic heterocycles. The van der Waals surface area contributed by atoms with Crippen molar-refractivity contribution in [3.8, 4) is 11.5 Å². The first kappa shape index (κ1) is 28.3. The van der Waals surface area contributed by atoms with Gasteiger partial charge in [-0.1, -0.05) is 6.92 Å². The zero-order chi connectivity index (χ0) is 27.3. The summed E-state index contributed by atoms with van der Waals surface area (Å²) in [6, 6.07) is 1.58. The number of halogens is 6. The van der Waals surface area contributed by atoms with Crippen molar-refractivity contribution >= 4 is 18.2 Å². The van der Waals surface area contributed by atoms with Crippen LogP contribution in [0.25, 0.3) is 6.08 Å². The molecule has 1 aromatic carbocycles. The summed E-state index contributed by atoms with van der Waals surface area (Å²) in [4.78, 5) is 37.8. The van der Waals surface area contributed by atoms with Gasteiger partial charge in [0.15, 0.2) is 0 Å². The van der Waals surface area contributed by atoms with Crippen molar-refractivity contribution < 1.29 is 69.5 Å². The fraction of sp³-hybridized carbons (Fsp3) is 0.474. The summed E-state index contributed by atoms with van der Waals surface area (Å²) in [7, 11) is 0. The Hall–Kier alpha value is -3.92. The van der Waals surface area contributed by atoms with Gasteiger partial charge in [0.05, 0.1) is 5.57 Å². The van der Waals surface area contributed by atoms with Crippen molar-refractivity contribution in [3.05, 3.63) is 38.9 Å². The Morgan fingerprint density at radius 1 is 1.17 bits per heavy atom. The van der Waals surface area contributed by atoms with E-state index in [-0.39, 0.29) is 17.5 Å². The molecule has 0 N–H and O–H groups in total. The molecule has 0 aliphatic carbocycles. The maximum absolute atomic E-state index is 13.6. The molecule has 1 aliphatic rings. The highest BCUT2D eigenvalue weighted by atomic mass is 19.4. The molecule has 0 aromatic heterocycles. The van der Waals surface area contributed by atoms with Crippen molar-refractivity contribution in [1.29, 1.82) is 0 Å². The summed E-state index contributed by atoms with van der Waals surface area (Å²) in [6.45, 7) is 0.756. The number of carbonyl (C=O) groups is 2. The normalized spacial score (nSPS) is 16.0. The Labute approximate surface area is 197 Å². The molecule has 0 bridgehead atoms. The maximum Gasteiger partial charge on any atom is 0.573 e. The molecule has 17 heteroatoms. The number of benzene rings is 1. The number of rotatable bonds is 9.